The summed E-state index contributed by atoms with van der Waals surface area (Å²) in [5.41, 5.74) is -0.727. The molecule has 32 heavy (non-hydrogen) atoms. The first-order chi connectivity index (χ1) is 15.2. The van der Waals surface area contributed by atoms with Crippen LogP contribution < -0.4 is 5.32 Å². The lowest BCUT2D eigenvalue weighted by Crippen LogP contribution is -2.46. The van der Waals surface area contributed by atoms with Crippen LogP contribution in [0.1, 0.15) is 20.8 Å². The van der Waals surface area contributed by atoms with Gasteiger partial charge in [-0.05, 0) is 71.9 Å². The second-order valence-corrected chi connectivity index (χ2v) is 11.6. The largest absolute Gasteiger partial charge is 0.480 e. The van der Waals surface area contributed by atoms with E-state index in [0.717, 1.165) is 14.7 Å². The molecule has 1 atom stereocenters. The third-order valence-corrected chi connectivity index (χ3v) is 8.91. The highest BCUT2D eigenvalue weighted by molar-refractivity contribution is 8.33. The number of rotatable bonds is 7. The van der Waals surface area contributed by atoms with Gasteiger partial charge in [0.1, 0.15) is 11.6 Å². The Morgan fingerprint density at radius 3 is 1.50 bits per heavy atom. The van der Waals surface area contributed by atoms with Crippen LogP contribution in [0.5, 0.6) is 0 Å². The molecule has 1 amide bonds. The molecule has 2 N–H and O–H groups in total. The molecule has 0 aliphatic carbocycles. The standard InChI is InChI=1S/C26H29NO4S/c1-26(2,3)31-25(30)27-23(24(28)29)19-32(20-13-7-4-8-14-20,21-15-9-5-10-16-21)22-17-11-6-12-18-22/h4-18,23H,19H2,1-3H3,(H,27,30)(H,28,29)/t23-/m1/s1. The van der Waals surface area contributed by atoms with E-state index in [9.17, 15) is 14.7 Å². The molecule has 0 saturated heterocycles. The third kappa shape index (κ3) is 5.51. The minimum absolute atomic E-state index is 0.194. The van der Waals surface area contributed by atoms with Gasteiger partial charge in [0.15, 0.2) is 0 Å². The van der Waals surface area contributed by atoms with E-state index >= 15 is 0 Å². The Labute approximate surface area is 190 Å². The van der Waals surface area contributed by atoms with Crippen molar-refractivity contribution in [2.24, 2.45) is 0 Å². The zero-order valence-corrected chi connectivity index (χ0v) is 19.3. The Morgan fingerprint density at radius 1 is 0.812 bits per heavy atom. The highest BCUT2D eigenvalue weighted by atomic mass is 32.3. The smallest absolute Gasteiger partial charge is 0.408 e. The van der Waals surface area contributed by atoms with Crippen molar-refractivity contribution >= 4 is 22.1 Å². The molecular formula is C26H29NO4S. The van der Waals surface area contributed by atoms with Gasteiger partial charge in [0.25, 0.3) is 0 Å². The molecule has 0 aliphatic heterocycles. The van der Waals surface area contributed by atoms with Crippen LogP contribution in [0.4, 0.5) is 4.79 Å². The molecule has 0 saturated carbocycles. The van der Waals surface area contributed by atoms with Gasteiger partial charge in [-0.25, -0.2) is 9.59 Å². The number of alkyl carbamates (subject to hydrolysis) is 1. The molecule has 3 aromatic carbocycles. The number of hydrogen-bond acceptors (Lipinski definition) is 3. The van der Waals surface area contributed by atoms with E-state index in [-0.39, 0.29) is 5.75 Å². The van der Waals surface area contributed by atoms with Crippen LogP contribution >= 0.6 is 10.0 Å². The van der Waals surface area contributed by atoms with Crippen LogP contribution in [0.25, 0.3) is 0 Å². The summed E-state index contributed by atoms with van der Waals surface area (Å²) in [6.45, 7) is 5.24. The molecular weight excluding hydrogens is 422 g/mol. The number of carboxylic acid groups (broad SMARTS) is 1. The maximum Gasteiger partial charge on any atom is 0.408 e. The lowest BCUT2D eigenvalue weighted by atomic mass is 10.2. The Hall–Kier alpha value is -3.25. The van der Waals surface area contributed by atoms with Gasteiger partial charge in [0.05, 0.1) is 0 Å². The first-order valence-corrected chi connectivity index (χ1v) is 12.2. The number of carbonyl (C=O) groups excluding carboxylic acids is 1. The van der Waals surface area contributed by atoms with Crippen molar-refractivity contribution in [3.05, 3.63) is 91.0 Å². The van der Waals surface area contributed by atoms with Crippen molar-refractivity contribution in [2.75, 3.05) is 5.75 Å². The topological polar surface area (TPSA) is 75.6 Å². The summed E-state index contributed by atoms with van der Waals surface area (Å²) in [7, 11) is -2.02. The van der Waals surface area contributed by atoms with Crippen LogP contribution in [0.3, 0.4) is 0 Å². The second-order valence-electron chi connectivity index (χ2n) is 8.38. The van der Waals surface area contributed by atoms with Crippen molar-refractivity contribution in [3.63, 3.8) is 0 Å². The number of ether oxygens (including phenoxy) is 1. The number of benzene rings is 3. The summed E-state index contributed by atoms with van der Waals surface area (Å²) in [5.74, 6) is -0.907. The van der Waals surface area contributed by atoms with Crippen LogP contribution in [0, 0.1) is 0 Å². The van der Waals surface area contributed by atoms with Gasteiger partial charge in [0.2, 0.25) is 0 Å². The molecule has 0 radical (unpaired) electrons. The van der Waals surface area contributed by atoms with Crippen molar-refractivity contribution in [1.82, 2.24) is 5.32 Å². The zero-order valence-electron chi connectivity index (χ0n) is 18.5. The third-order valence-electron chi connectivity index (χ3n) is 4.84. The van der Waals surface area contributed by atoms with Crippen molar-refractivity contribution in [3.8, 4) is 0 Å². The van der Waals surface area contributed by atoms with E-state index < -0.39 is 33.7 Å². The minimum Gasteiger partial charge on any atom is -0.480 e. The molecule has 0 spiro atoms. The summed E-state index contributed by atoms with van der Waals surface area (Å²) in [4.78, 5) is 27.9. The molecule has 0 aromatic heterocycles. The fraction of sp³-hybridized carbons (Fsp3) is 0.231. The average molecular weight is 452 g/mol. The van der Waals surface area contributed by atoms with E-state index in [0.29, 0.717) is 0 Å². The molecule has 6 heteroatoms. The van der Waals surface area contributed by atoms with Crippen LogP contribution in [0.2, 0.25) is 0 Å². The fourth-order valence-corrected chi connectivity index (χ4v) is 7.51. The fourth-order valence-electron chi connectivity index (χ4n) is 3.53. The van der Waals surface area contributed by atoms with Gasteiger partial charge in [-0.15, -0.1) is 0 Å². The number of aliphatic carboxylic acids is 1. The first kappa shape index (κ1) is 23.4. The maximum absolute atomic E-state index is 12.5. The lowest BCUT2D eigenvalue weighted by molar-refractivity contribution is -0.138. The SMILES string of the molecule is CC(C)(C)OC(=O)N[C@H](CS(c1ccccc1)(c1ccccc1)c1ccccc1)C(=O)O. The molecule has 0 aliphatic rings. The van der Waals surface area contributed by atoms with Gasteiger partial charge in [-0.1, -0.05) is 54.6 Å². The van der Waals surface area contributed by atoms with E-state index in [2.05, 4.69) is 5.32 Å². The Morgan fingerprint density at radius 2 is 1.19 bits per heavy atom. The minimum atomic E-state index is -2.02. The van der Waals surface area contributed by atoms with Crippen molar-refractivity contribution in [1.29, 1.82) is 0 Å². The summed E-state index contributed by atoms with van der Waals surface area (Å²) in [5, 5.41) is 12.7. The summed E-state index contributed by atoms with van der Waals surface area (Å²) in [6, 6.07) is 28.6. The first-order valence-electron chi connectivity index (χ1n) is 10.4. The predicted octanol–water partition coefficient (Wildman–Crippen LogP) is 5.95. The van der Waals surface area contributed by atoms with Crippen LogP contribution in [-0.4, -0.2) is 34.6 Å². The lowest BCUT2D eigenvalue weighted by Gasteiger charge is -2.43. The van der Waals surface area contributed by atoms with E-state index in [1.165, 1.54) is 0 Å². The molecule has 168 valence electrons. The normalized spacial score (nSPS) is 13.1. The quantitative estimate of drug-likeness (QED) is 0.466. The van der Waals surface area contributed by atoms with E-state index in [1.54, 1.807) is 20.8 Å². The van der Waals surface area contributed by atoms with Gasteiger partial charge in [0, 0.05) is 5.75 Å². The summed E-state index contributed by atoms with van der Waals surface area (Å²) >= 11 is 0. The van der Waals surface area contributed by atoms with Gasteiger partial charge in [-0.3, -0.25) is 0 Å². The van der Waals surface area contributed by atoms with Gasteiger partial charge < -0.3 is 15.2 Å². The number of carbonyl (C=O) groups is 2. The number of carboxylic acids is 1. The highest BCUT2D eigenvalue weighted by Gasteiger charge is 2.37. The Bertz CT molecular complexity index is 937. The molecule has 3 aromatic rings. The molecule has 0 fully saturated rings. The monoisotopic (exact) mass is 451 g/mol. The molecule has 5 nitrogen and oxygen atoms in total. The molecule has 3 rings (SSSR count). The predicted molar refractivity (Wildman–Crippen MR) is 127 cm³/mol. The Kier molecular flexibility index (Phi) is 7.26. The zero-order chi connectivity index (χ0) is 23.2. The van der Waals surface area contributed by atoms with E-state index in [4.69, 9.17) is 4.74 Å². The molecule has 0 unspecified atom stereocenters. The van der Waals surface area contributed by atoms with Crippen LogP contribution in [0.15, 0.2) is 106 Å². The van der Waals surface area contributed by atoms with E-state index in [1.807, 2.05) is 91.0 Å². The summed E-state index contributed by atoms with van der Waals surface area (Å²) < 4.78 is 5.35. The van der Waals surface area contributed by atoms with Gasteiger partial charge >= 0.3 is 12.1 Å². The van der Waals surface area contributed by atoms with Gasteiger partial charge in [-0.2, -0.15) is 10.0 Å². The van der Waals surface area contributed by atoms with Crippen molar-refractivity contribution < 1.29 is 19.4 Å². The number of hydrogen-bond donors (Lipinski definition) is 2. The molecule has 0 heterocycles. The number of nitrogens with one attached hydrogen (secondary N) is 1. The average Bonchev–Trinajstić information content (AvgIpc) is 2.77. The second kappa shape index (κ2) is 9.92. The van der Waals surface area contributed by atoms with Crippen molar-refractivity contribution in [2.45, 2.75) is 47.1 Å². The Balaban J connectivity index is 2.15. The molecule has 0 bridgehead atoms. The maximum atomic E-state index is 12.5. The number of amides is 1. The van der Waals surface area contributed by atoms with Crippen LogP contribution in [-0.2, 0) is 9.53 Å². The highest BCUT2D eigenvalue weighted by Crippen LogP contribution is 2.68. The summed E-state index contributed by atoms with van der Waals surface area (Å²) in [6.07, 6.45) is -0.743.